The van der Waals surface area contributed by atoms with Crippen molar-refractivity contribution in [3.05, 3.63) is 64.6 Å². The van der Waals surface area contributed by atoms with Gasteiger partial charge < -0.3 is 9.80 Å². The summed E-state index contributed by atoms with van der Waals surface area (Å²) in [7, 11) is 0. The lowest BCUT2D eigenvalue weighted by molar-refractivity contribution is -0.131. The summed E-state index contributed by atoms with van der Waals surface area (Å²) < 4.78 is 16.6. The molecule has 182 valence electrons. The monoisotopic (exact) mass is 475 g/mol. The number of H-pyrrole nitrogens is 1. The summed E-state index contributed by atoms with van der Waals surface area (Å²) in [4.78, 5) is 29.2. The molecule has 1 N–H and O–H groups in total. The fourth-order valence-electron chi connectivity index (χ4n) is 5.47. The first kappa shape index (κ1) is 22.1. The van der Waals surface area contributed by atoms with E-state index in [2.05, 4.69) is 27.2 Å². The van der Waals surface area contributed by atoms with Crippen LogP contribution in [0.15, 0.2) is 47.3 Å². The van der Waals surface area contributed by atoms with Crippen molar-refractivity contribution < 1.29 is 9.18 Å². The third kappa shape index (κ3) is 4.37. The molecule has 3 fully saturated rings. The van der Waals surface area contributed by atoms with Crippen molar-refractivity contribution in [1.82, 2.24) is 19.7 Å². The Morgan fingerprint density at radius 1 is 1.00 bits per heavy atom. The van der Waals surface area contributed by atoms with Gasteiger partial charge in [-0.05, 0) is 73.4 Å². The molecular weight excluding hydrogens is 445 g/mol. The Kier molecular flexibility index (Phi) is 5.66. The number of benzene rings is 2. The van der Waals surface area contributed by atoms with Gasteiger partial charge in [0.1, 0.15) is 11.6 Å². The highest BCUT2D eigenvalue weighted by Gasteiger charge is 2.37. The second-order valence-electron chi connectivity index (χ2n) is 10.1. The highest BCUT2D eigenvalue weighted by atomic mass is 19.1. The maximum absolute atomic E-state index is 15.3. The molecule has 3 aliphatic rings. The van der Waals surface area contributed by atoms with Crippen molar-refractivity contribution in [3.63, 3.8) is 0 Å². The largest absolute Gasteiger partial charge is 0.372 e. The fraction of sp³-hybridized carbons (Fsp3) is 0.444. The lowest BCUT2D eigenvalue weighted by Crippen LogP contribution is -2.30. The van der Waals surface area contributed by atoms with Gasteiger partial charge in [-0.3, -0.25) is 4.79 Å². The Morgan fingerprint density at radius 2 is 1.74 bits per heavy atom. The molecule has 6 rings (SSSR count). The van der Waals surface area contributed by atoms with Crippen LogP contribution < -0.4 is 10.6 Å². The van der Waals surface area contributed by atoms with Crippen LogP contribution in [0.1, 0.15) is 37.9 Å². The van der Waals surface area contributed by atoms with Gasteiger partial charge in [0.25, 0.3) is 0 Å². The van der Waals surface area contributed by atoms with E-state index in [1.165, 1.54) is 29.2 Å². The van der Waals surface area contributed by atoms with Gasteiger partial charge in [0.15, 0.2) is 0 Å². The number of carbonyl (C=O) groups excluding carboxylic acids is 1. The molecule has 7 nitrogen and oxygen atoms in total. The maximum atomic E-state index is 15.3. The first-order valence-corrected chi connectivity index (χ1v) is 12.7. The second kappa shape index (κ2) is 8.98. The average Bonchev–Trinajstić information content (AvgIpc) is 3.22. The summed E-state index contributed by atoms with van der Waals surface area (Å²) in [5, 5.41) is 6.68. The van der Waals surface area contributed by atoms with Gasteiger partial charge in [0.05, 0.1) is 5.69 Å². The van der Waals surface area contributed by atoms with E-state index >= 15 is 4.39 Å². The van der Waals surface area contributed by atoms with Crippen molar-refractivity contribution in [3.8, 4) is 16.8 Å². The summed E-state index contributed by atoms with van der Waals surface area (Å²) in [6.45, 7) is 3.58. The van der Waals surface area contributed by atoms with E-state index in [1.807, 2.05) is 23.1 Å². The topological polar surface area (TPSA) is 74.2 Å². The zero-order valence-electron chi connectivity index (χ0n) is 19.8. The summed E-state index contributed by atoms with van der Waals surface area (Å²) in [6.07, 6.45) is 5.83. The molecular formula is C27H30FN5O2. The number of hydrogen-bond donors (Lipinski definition) is 1. The highest BCUT2D eigenvalue weighted by molar-refractivity contribution is 5.81. The molecule has 1 unspecified atom stereocenters. The van der Waals surface area contributed by atoms with Crippen LogP contribution in [0.2, 0.25) is 0 Å². The van der Waals surface area contributed by atoms with E-state index in [0.29, 0.717) is 18.8 Å². The lowest BCUT2D eigenvalue weighted by atomic mass is 10.0. The van der Waals surface area contributed by atoms with Crippen molar-refractivity contribution >= 4 is 11.6 Å². The summed E-state index contributed by atoms with van der Waals surface area (Å²) in [5.41, 5.74) is 2.64. The van der Waals surface area contributed by atoms with E-state index in [1.54, 1.807) is 6.07 Å². The maximum Gasteiger partial charge on any atom is 0.348 e. The third-order valence-corrected chi connectivity index (χ3v) is 7.60. The Balaban J connectivity index is 1.20. The zero-order valence-corrected chi connectivity index (χ0v) is 19.8. The summed E-state index contributed by atoms with van der Waals surface area (Å²) in [5.74, 6) is 0.710. The summed E-state index contributed by atoms with van der Waals surface area (Å²) in [6, 6.07) is 13.2. The molecule has 3 heterocycles. The Bertz CT molecular complexity index is 1290. The second-order valence-corrected chi connectivity index (χ2v) is 10.1. The van der Waals surface area contributed by atoms with E-state index in [9.17, 15) is 9.59 Å². The van der Waals surface area contributed by atoms with E-state index in [-0.39, 0.29) is 23.4 Å². The number of nitrogens with one attached hydrogen (secondary N) is 1. The van der Waals surface area contributed by atoms with Crippen LogP contribution in [0.25, 0.3) is 16.8 Å². The zero-order chi connectivity index (χ0) is 23.9. The number of likely N-dealkylation sites (tertiary alicyclic amines) is 1. The molecule has 3 aromatic rings. The number of aromatic amines is 1. The lowest BCUT2D eigenvalue weighted by Gasteiger charge is -2.18. The van der Waals surface area contributed by atoms with E-state index in [0.717, 1.165) is 50.0 Å². The third-order valence-electron chi connectivity index (χ3n) is 7.60. The van der Waals surface area contributed by atoms with Gasteiger partial charge in [0.2, 0.25) is 5.91 Å². The van der Waals surface area contributed by atoms with Crippen LogP contribution in [-0.2, 0) is 11.2 Å². The predicted molar refractivity (Wildman–Crippen MR) is 132 cm³/mol. The minimum atomic E-state index is -0.465. The minimum absolute atomic E-state index is 0.195. The van der Waals surface area contributed by atoms with Gasteiger partial charge >= 0.3 is 5.69 Å². The number of halogens is 1. The Hall–Kier alpha value is -3.42. The average molecular weight is 476 g/mol. The Labute approximate surface area is 203 Å². The van der Waals surface area contributed by atoms with E-state index in [4.69, 9.17) is 0 Å². The SMILES string of the molecule is O=C(C1CC1)N1CCC(Cc2n[nH]c(=O)n2-c2ccc(-c3ccc(N4CCCC4)cc3)cc2F)C1. The number of anilines is 1. The van der Waals surface area contributed by atoms with Crippen molar-refractivity contribution in [1.29, 1.82) is 0 Å². The molecule has 1 atom stereocenters. The normalized spacial score (nSPS) is 20.1. The predicted octanol–water partition coefficient (Wildman–Crippen LogP) is 3.77. The smallest absolute Gasteiger partial charge is 0.348 e. The van der Waals surface area contributed by atoms with Crippen LogP contribution in [0.4, 0.5) is 10.1 Å². The van der Waals surface area contributed by atoms with Crippen LogP contribution in [-0.4, -0.2) is 51.8 Å². The molecule has 0 bridgehead atoms. The van der Waals surface area contributed by atoms with Crippen LogP contribution in [0.5, 0.6) is 0 Å². The molecule has 1 amide bonds. The number of nitrogens with zero attached hydrogens (tertiary/aromatic N) is 4. The molecule has 35 heavy (non-hydrogen) atoms. The molecule has 2 saturated heterocycles. The minimum Gasteiger partial charge on any atom is -0.372 e. The molecule has 1 aromatic heterocycles. The summed E-state index contributed by atoms with van der Waals surface area (Å²) >= 11 is 0. The highest BCUT2D eigenvalue weighted by Crippen LogP contribution is 2.33. The molecule has 0 spiro atoms. The van der Waals surface area contributed by atoms with Crippen LogP contribution in [0.3, 0.4) is 0 Å². The fourth-order valence-corrected chi connectivity index (χ4v) is 5.47. The van der Waals surface area contributed by atoms with Gasteiger partial charge in [-0.1, -0.05) is 18.2 Å². The van der Waals surface area contributed by atoms with E-state index < -0.39 is 11.5 Å². The first-order chi connectivity index (χ1) is 17.1. The van der Waals surface area contributed by atoms with Crippen molar-refractivity contribution in [2.45, 2.75) is 38.5 Å². The number of rotatable bonds is 6. The molecule has 2 aromatic carbocycles. The van der Waals surface area contributed by atoms with Gasteiger partial charge in [-0.25, -0.2) is 18.9 Å². The van der Waals surface area contributed by atoms with Gasteiger partial charge in [0, 0.05) is 44.2 Å². The number of aromatic nitrogens is 3. The van der Waals surface area contributed by atoms with Gasteiger partial charge in [-0.2, -0.15) is 5.10 Å². The number of amides is 1. The van der Waals surface area contributed by atoms with Crippen molar-refractivity contribution in [2.24, 2.45) is 11.8 Å². The molecule has 1 aliphatic carbocycles. The van der Waals surface area contributed by atoms with Gasteiger partial charge in [-0.15, -0.1) is 0 Å². The molecule has 0 radical (unpaired) electrons. The molecule has 8 heteroatoms. The molecule has 2 aliphatic heterocycles. The van der Waals surface area contributed by atoms with Crippen molar-refractivity contribution in [2.75, 3.05) is 31.1 Å². The van der Waals surface area contributed by atoms with Crippen LogP contribution in [0, 0.1) is 17.7 Å². The Morgan fingerprint density at radius 3 is 2.46 bits per heavy atom. The molecule has 1 saturated carbocycles. The quantitative estimate of drug-likeness (QED) is 0.589. The number of carbonyl (C=O) groups is 1. The number of hydrogen-bond acceptors (Lipinski definition) is 4. The standard InChI is InChI=1S/C27H30FN5O2/c28-23-16-21(19-5-8-22(9-6-19)31-12-1-2-13-31)7-10-24(23)33-25(29-30-27(33)35)15-18-11-14-32(17-18)26(34)20-3-4-20/h5-10,16,18,20H,1-4,11-15,17H2,(H,30,35). The van der Waals surface area contributed by atoms with Crippen LogP contribution >= 0.6 is 0 Å². The first-order valence-electron chi connectivity index (χ1n) is 12.7.